The van der Waals surface area contributed by atoms with E-state index >= 15 is 0 Å². The van der Waals surface area contributed by atoms with E-state index < -0.39 is 0 Å². The molecule has 1 aliphatic heterocycles. The number of aromatic nitrogens is 2. The van der Waals surface area contributed by atoms with Gasteiger partial charge in [0.1, 0.15) is 0 Å². The van der Waals surface area contributed by atoms with E-state index in [4.69, 9.17) is 4.98 Å². The smallest absolute Gasteiger partial charge is 0.317 e. The Balaban J connectivity index is 1.14. The minimum Gasteiger partial charge on any atom is -0.339 e. The minimum atomic E-state index is -0.0135. The third kappa shape index (κ3) is 4.38. The largest absolute Gasteiger partial charge is 0.339 e. The van der Waals surface area contributed by atoms with Crippen LogP contribution in [0.3, 0.4) is 0 Å². The molecule has 0 unspecified atom stereocenters. The highest BCUT2D eigenvalue weighted by atomic mass is 16.2. The van der Waals surface area contributed by atoms with Gasteiger partial charge in [-0.15, -0.1) is 0 Å². The van der Waals surface area contributed by atoms with Gasteiger partial charge in [0.2, 0.25) is 5.95 Å². The predicted molar refractivity (Wildman–Crippen MR) is 145 cm³/mol. The van der Waals surface area contributed by atoms with E-state index in [1.54, 1.807) is 0 Å². The average Bonchev–Trinajstić information content (AvgIpc) is 3.30. The Hall–Kier alpha value is -4.32. The van der Waals surface area contributed by atoms with E-state index in [9.17, 15) is 4.79 Å². The normalized spacial score (nSPS) is 13.9. The number of hydrogen-bond acceptors (Lipinski definition) is 3. The number of amides is 2. The molecule has 6 heteroatoms. The number of piperazine rings is 1. The molecule has 5 aromatic rings. The van der Waals surface area contributed by atoms with Crippen molar-refractivity contribution >= 4 is 33.8 Å². The monoisotopic (exact) mass is 475 g/mol. The number of rotatable bonds is 5. The summed E-state index contributed by atoms with van der Waals surface area (Å²) in [5, 5.41) is 5.50. The number of para-hydroxylation sites is 2. The van der Waals surface area contributed by atoms with E-state index in [1.165, 1.54) is 16.3 Å². The van der Waals surface area contributed by atoms with Crippen LogP contribution in [0.5, 0.6) is 0 Å². The second-order valence-electron chi connectivity index (χ2n) is 9.24. The van der Waals surface area contributed by atoms with E-state index in [0.717, 1.165) is 42.2 Å². The number of carbonyl (C=O) groups is 1. The zero-order valence-corrected chi connectivity index (χ0v) is 20.2. The number of nitrogens with one attached hydrogen (secondary N) is 1. The standard InChI is InChI=1S/C30H29N5O/c36-30(31-21-25-13-8-12-24-11-4-5-14-26(24)25)34-19-17-33(18-20-34)29-32-27-15-6-7-16-28(27)35(29)22-23-9-2-1-3-10-23/h1-16H,17-22H2,(H,31,36). The summed E-state index contributed by atoms with van der Waals surface area (Å²) in [4.78, 5) is 22.2. The molecule has 2 heterocycles. The van der Waals surface area contributed by atoms with Crippen LogP contribution in [-0.2, 0) is 13.1 Å². The van der Waals surface area contributed by atoms with Crippen molar-refractivity contribution in [2.75, 3.05) is 31.1 Å². The van der Waals surface area contributed by atoms with Gasteiger partial charge in [-0.05, 0) is 34.0 Å². The van der Waals surface area contributed by atoms with Crippen LogP contribution < -0.4 is 10.2 Å². The number of fused-ring (bicyclic) bond motifs is 2. The van der Waals surface area contributed by atoms with Gasteiger partial charge >= 0.3 is 6.03 Å². The Morgan fingerprint density at radius 2 is 1.50 bits per heavy atom. The molecule has 6 nitrogen and oxygen atoms in total. The number of urea groups is 1. The fourth-order valence-electron chi connectivity index (χ4n) is 5.06. The molecule has 1 aromatic heterocycles. The molecule has 0 bridgehead atoms. The lowest BCUT2D eigenvalue weighted by atomic mass is 10.0. The first-order valence-corrected chi connectivity index (χ1v) is 12.5. The highest BCUT2D eigenvalue weighted by molar-refractivity contribution is 5.86. The van der Waals surface area contributed by atoms with Crippen LogP contribution in [0.4, 0.5) is 10.7 Å². The van der Waals surface area contributed by atoms with Crippen molar-refractivity contribution in [3.8, 4) is 0 Å². The Bertz CT molecular complexity index is 1500. The summed E-state index contributed by atoms with van der Waals surface area (Å²) in [7, 11) is 0. The van der Waals surface area contributed by atoms with Crippen LogP contribution in [-0.4, -0.2) is 46.7 Å². The highest BCUT2D eigenvalue weighted by Gasteiger charge is 2.25. The lowest BCUT2D eigenvalue weighted by Gasteiger charge is -2.35. The lowest BCUT2D eigenvalue weighted by Crippen LogP contribution is -2.52. The van der Waals surface area contributed by atoms with Crippen LogP contribution in [0.15, 0.2) is 97.1 Å². The Kier molecular flexibility index (Phi) is 6.00. The second kappa shape index (κ2) is 9.74. The van der Waals surface area contributed by atoms with Gasteiger partial charge in [0.05, 0.1) is 17.6 Å². The van der Waals surface area contributed by atoms with Crippen LogP contribution in [0.2, 0.25) is 0 Å². The van der Waals surface area contributed by atoms with E-state index in [0.29, 0.717) is 19.6 Å². The van der Waals surface area contributed by atoms with Crippen molar-refractivity contribution in [2.24, 2.45) is 0 Å². The molecule has 1 aliphatic rings. The maximum absolute atomic E-state index is 13.0. The molecule has 0 radical (unpaired) electrons. The molecule has 0 spiro atoms. The molecule has 36 heavy (non-hydrogen) atoms. The Labute approximate surface area is 210 Å². The molecule has 4 aromatic carbocycles. The Morgan fingerprint density at radius 1 is 0.778 bits per heavy atom. The van der Waals surface area contributed by atoms with Gasteiger partial charge in [-0.1, -0.05) is 84.9 Å². The first-order valence-electron chi connectivity index (χ1n) is 12.5. The number of carbonyl (C=O) groups excluding carboxylic acids is 1. The van der Waals surface area contributed by atoms with Gasteiger partial charge in [-0.2, -0.15) is 0 Å². The van der Waals surface area contributed by atoms with Crippen molar-refractivity contribution in [3.63, 3.8) is 0 Å². The molecule has 2 amide bonds. The first kappa shape index (κ1) is 22.2. The molecule has 180 valence electrons. The number of benzene rings is 4. The summed E-state index contributed by atoms with van der Waals surface area (Å²) in [5.41, 5.74) is 4.51. The first-order chi connectivity index (χ1) is 17.8. The fraction of sp³-hybridized carbons (Fsp3) is 0.200. The molecular weight excluding hydrogens is 446 g/mol. The number of imidazole rings is 1. The van der Waals surface area contributed by atoms with Gasteiger partial charge in [-0.25, -0.2) is 9.78 Å². The van der Waals surface area contributed by atoms with E-state index in [1.807, 2.05) is 35.2 Å². The third-order valence-electron chi connectivity index (χ3n) is 6.98. The van der Waals surface area contributed by atoms with Crippen LogP contribution in [0.25, 0.3) is 21.8 Å². The minimum absolute atomic E-state index is 0.0135. The molecule has 6 rings (SSSR count). The highest BCUT2D eigenvalue weighted by Crippen LogP contribution is 2.25. The zero-order chi connectivity index (χ0) is 24.3. The van der Waals surface area contributed by atoms with Crippen molar-refractivity contribution in [3.05, 3.63) is 108 Å². The number of hydrogen-bond donors (Lipinski definition) is 1. The van der Waals surface area contributed by atoms with Crippen LogP contribution >= 0.6 is 0 Å². The summed E-state index contributed by atoms with van der Waals surface area (Å²) in [5.74, 6) is 0.968. The Morgan fingerprint density at radius 3 is 2.36 bits per heavy atom. The van der Waals surface area contributed by atoms with Crippen molar-refractivity contribution in [1.29, 1.82) is 0 Å². The number of anilines is 1. The summed E-state index contributed by atoms with van der Waals surface area (Å²) >= 11 is 0. The van der Waals surface area contributed by atoms with Gasteiger partial charge in [0.25, 0.3) is 0 Å². The van der Waals surface area contributed by atoms with Crippen molar-refractivity contribution in [2.45, 2.75) is 13.1 Å². The van der Waals surface area contributed by atoms with Gasteiger partial charge in [-0.3, -0.25) is 0 Å². The summed E-state index contributed by atoms with van der Waals surface area (Å²) in [6.45, 7) is 4.11. The summed E-state index contributed by atoms with van der Waals surface area (Å²) in [6.07, 6.45) is 0. The van der Waals surface area contributed by atoms with Crippen LogP contribution in [0.1, 0.15) is 11.1 Å². The van der Waals surface area contributed by atoms with E-state index in [-0.39, 0.29) is 6.03 Å². The molecule has 0 saturated carbocycles. The zero-order valence-electron chi connectivity index (χ0n) is 20.2. The van der Waals surface area contributed by atoms with Gasteiger partial charge in [0.15, 0.2) is 0 Å². The van der Waals surface area contributed by atoms with Crippen molar-refractivity contribution in [1.82, 2.24) is 19.8 Å². The maximum Gasteiger partial charge on any atom is 0.317 e. The molecule has 1 saturated heterocycles. The molecule has 0 atom stereocenters. The fourth-order valence-corrected chi connectivity index (χ4v) is 5.06. The summed E-state index contributed by atoms with van der Waals surface area (Å²) in [6, 6.07) is 33.3. The number of nitrogens with zero attached hydrogens (tertiary/aromatic N) is 4. The average molecular weight is 476 g/mol. The topological polar surface area (TPSA) is 53.4 Å². The van der Waals surface area contributed by atoms with Crippen molar-refractivity contribution < 1.29 is 4.79 Å². The molecule has 0 aliphatic carbocycles. The predicted octanol–water partition coefficient (Wildman–Crippen LogP) is 5.27. The second-order valence-corrected chi connectivity index (χ2v) is 9.24. The maximum atomic E-state index is 13.0. The summed E-state index contributed by atoms with van der Waals surface area (Å²) < 4.78 is 2.29. The van der Waals surface area contributed by atoms with Gasteiger partial charge < -0.3 is 19.7 Å². The molecular formula is C30H29N5O. The quantitative estimate of drug-likeness (QED) is 0.377. The van der Waals surface area contributed by atoms with Crippen LogP contribution in [0, 0.1) is 0 Å². The lowest BCUT2D eigenvalue weighted by molar-refractivity contribution is 0.193. The van der Waals surface area contributed by atoms with E-state index in [2.05, 4.69) is 81.5 Å². The molecule has 1 N–H and O–H groups in total. The van der Waals surface area contributed by atoms with Gasteiger partial charge in [0, 0.05) is 32.7 Å². The molecule has 1 fully saturated rings. The third-order valence-corrected chi connectivity index (χ3v) is 6.98. The SMILES string of the molecule is O=C(NCc1cccc2ccccc12)N1CCN(c2nc3ccccc3n2Cc2ccccc2)CC1.